The number of fused-ring (bicyclic) bond motifs is 6. The number of imide groups is 2. The predicted molar refractivity (Wildman–Crippen MR) is 221 cm³/mol. The van der Waals surface area contributed by atoms with Crippen LogP contribution in [0.25, 0.3) is 43.7 Å². The average Bonchev–Trinajstić information content (AvgIpc) is 3.70. The second-order valence-electron chi connectivity index (χ2n) is 13.9. The van der Waals surface area contributed by atoms with Gasteiger partial charge in [0.15, 0.2) is 22.8 Å². The van der Waals surface area contributed by atoms with Gasteiger partial charge in [0, 0.05) is 70.6 Å². The highest BCUT2D eigenvalue weighted by atomic mass is 16.2. The van der Waals surface area contributed by atoms with E-state index in [1.54, 1.807) is 30.5 Å². The van der Waals surface area contributed by atoms with Gasteiger partial charge in [-0.05, 0) is 95.0 Å². The van der Waals surface area contributed by atoms with E-state index in [0.29, 0.717) is 22.7 Å². The van der Waals surface area contributed by atoms with Crippen molar-refractivity contribution in [3.63, 3.8) is 0 Å². The molecule has 0 unspecified atom stereocenters. The number of pyridine rings is 2. The molecular formula is C46H25N9O4. The van der Waals surface area contributed by atoms with Crippen LogP contribution in [0.3, 0.4) is 0 Å². The van der Waals surface area contributed by atoms with Crippen molar-refractivity contribution in [1.29, 1.82) is 0 Å². The van der Waals surface area contributed by atoms with Gasteiger partial charge in [-0.1, -0.05) is 36.4 Å². The summed E-state index contributed by atoms with van der Waals surface area (Å²) in [5.41, 5.74) is 5.71. The van der Waals surface area contributed by atoms with E-state index >= 15 is 0 Å². The lowest BCUT2D eigenvalue weighted by atomic mass is 10.0. The Morgan fingerprint density at radius 1 is 0.407 bits per heavy atom. The first kappa shape index (κ1) is 33.7. The minimum absolute atomic E-state index is 0.00885. The minimum Gasteiger partial charge on any atom is -0.310 e. The maximum Gasteiger partial charge on any atom is 0.286 e. The molecule has 13 nitrogen and oxygen atoms in total. The number of aromatic nitrogens is 6. The number of amides is 4. The highest BCUT2D eigenvalue weighted by Crippen LogP contribution is 2.40. The van der Waals surface area contributed by atoms with E-state index in [-0.39, 0.29) is 22.8 Å². The van der Waals surface area contributed by atoms with Gasteiger partial charge in [-0.15, -0.1) is 0 Å². The first-order valence-corrected chi connectivity index (χ1v) is 18.5. The number of anilines is 5. The van der Waals surface area contributed by atoms with Gasteiger partial charge in [0.2, 0.25) is 0 Å². The molecule has 4 aromatic heterocycles. The quantitative estimate of drug-likeness (QED) is 0.119. The van der Waals surface area contributed by atoms with Gasteiger partial charge in [-0.25, -0.2) is 29.7 Å². The Labute approximate surface area is 333 Å². The number of hydrogen-bond acceptors (Lipinski definition) is 11. The summed E-state index contributed by atoms with van der Waals surface area (Å²) in [4.78, 5) is 82.6. The van der Waals surface area contributed by atoms with Crippen molar-refractivity contribution in [2.45, 2.75) is 0 Å². The van der Waals surface area contributed by atoms with Crippen molar-refractivity contribution >= 4 is 84.5 Å². The van der Waals surface area contributed by atoms with Crippen molar-refractivity contribution in [2.24, 2.45) is 0 Å². The van der Waals surface area contributed by atoms with Crippen LogP contribution in [0, 0.1) is 0 Å². The van der Waals surface area contributed by atoms with Crippen LogP contribution in [0.5, 0.6) is 0 Å². The fraction of sp³-hybridized carbons (Fsp3) is 0. The molecule has 0 spiro atoms. The van der Waals surface area contributed by atoms with Crippen molar-refractivity contribution in [3.05, 3.63) is 175 Å². The van der Waals surface area contributed by atoms with Crippen LogP contribution < -0.4 is 14.7 Å². The maximum atomic E-state index is 13.2. The molecule has 9 aromatic rings. The van der Waals surface area contributed by atoms with E-state index < -0.39 is 23.6 Å². The van der Waals surface area contributed by atoms with Gasteiger partial charge in [0.25, 0.3) is 23.6 Å². The lowest BCUT2D eigenvalue weighted by Crippen LogP contribution is -2.29. The third-order valence-corrected chi connectivity index (χ3v) is 10.6. The normalized spacial score (nSPS) is 13.5. The summed E-state index contributed by atoms with van der Waals surface area (Å²) in [6, 6.07) is 36.6. The number of carbonyl (C=O) groups excluding carboxylic acids is 4. The number of carbonyl (C=O) groups is 4. The van der Waals surface area contributed by atoms with Gasteiger partial charge < -0.3 is 4.90 Å². The second-order valence-corrected chi connectivity index (χ2v) is 13.9. The molecule has 0 saturated heterocycles. The molecule has 0 radical (unpaired) electrons. The Hall–Kier alpha value is -8.58. The lowest BCUT2D eigenvalue weighted by Gasteiger charge is -2.27. The zero-order chi connectivity index (χ0) is 39.8. The molecule has 2 aliphatic rings. The molecule has 0 fully saturated rings. The molecule has 6 heterocycles. The first-order valence-electron chi connectivity index (χ1n) is 18.5. The van der Waals surface area contributed by atoms with Crippen LogP contribution in [0.15, 0.2) is 152 Å². The Kier molecular flexibility index (Phi) is 7.43. The highest BCUT2D eigenvalue weighted by molar-refractivity contribution is 6.33. The molecule has 4 amide bonds. The second kappa shape index (κ2) is 13.0. The summed E-state index contributed by atoms with van der Waals surface area (Å²) in [5.74, 6) is -2.18. The molecule has 13 heteroatoms. The Morgan fingerprint density at radius 2 is 0.898 bits per heavy atom. The topological polar surface area (TPSA) is 155 Å². The summed E-state index contributed by atoms with van der Waals surface area (Å²) in [5, 5.41) is 5.08. The van der Waals surface area contributed by atoms with E-state index in [1.807, 2.05) is 65.7 Å². The van der Waals surface area contributed by atoms with Crippen LogP contribution in [-0.2, 0) is 0 Å². The van der Waals surface area contributed by atoms with E-state index in [1.165, 1.54) is 24.8 Å². The smallest absolute Gasteiger partial charge is 0.286 e. The molecule has 278 valence electrons. The van der Waals surface area contributed by atoms with Crippen LogP contribution in [0.4, 0.5) is 28.4 Å². The molecule has 0 N–H and O–H groups in total. The van der Waals surface area contributed by atoms with E-state index in [4.69, 9.17) is 4.98 Å². The Morgan fingerprint density at radius 3 is 1.47 bits per heavy atom. The Balaban J connectivity index is 0.961. The third-order valence-electron chi connectivity index (χ3n) is 10.6. The van der Waals surface area contributed by atoms with Gasteiger partial charge >= 0.3 is 0 Å². The molecule has 0 bridgehead atoms. The number of hydrogen-bond donors (Lipinski definition) is 0. The number of nitrogens with zero attached hydrogens (tertiary/aromatic N) is 9. The van der Waals surface area contributed by atoms with Gasteiger partial charge in [-0.3, -0.25) is 29.1 Å². The predicted octanol–water partition coefficient (Wildman–Crippen LogP) is 8.25. The van der Waals surface area contributed by atoms with E-state index in [0.717, 1.165) is 59.2 Å². The standard InChI is InChI=1S/C46H25N9O4/c56-43-39-40(49-19-18-48-39)44(57)54(43)33-13-9-31(10-14-33)53(32-11-15-34(16-12-32)55-45(58)41-42(46(55)59)51-21-20-50-41)35-8-7-27-22-30(6-4-28(27)23-35)37-24-29-5-3-26-2-1-17-47-38(26)36(29)25-52-37/h1-25H. The minimum atomic E-state index is -0.546. The van der Waals surface area contributed by atoms with E-state index in [9.17, 15) is 19.2 Å². The summed E-state index contributed by atoms with van der Waals surface area (Å²) in [6.45, 7) is 0. The summed E-state index contributed by atoms with van der Waals surface area (Å²) >= 11 is 0. The summed E-state index contributed by atoms with van der Waals surface area (Å²) < 4.78 is 0. The SMILES string of the molecule is O=C1c2nccnc2C(=O)N1c1ccc(N(c2ccc(N3C(=O)c4nccnc4C3=O)cc2)c2ccc3cc(-c4cc5ccc6cccnc6c5cn4)ccc3c2)cc1. The van der Waals surface area contributed by atoms with Crippen LogP contribution >= 0.6 is 0 Å². The van der Waals surface area contributed by atoms with Crippen LogP contribution in [-0.4, -0.2) is 53.5 Å². The van der Waals surface area contributed by atoms with Crippen molar-refractivity contribution in [1.82, 2.24) is 29.9 Å². The molecule has 0 saturated carbocycles. The fourth-order valence-corrected chi connectivity index (χ4v) is 7.78. The largest absolute Gasteiger partial charge is 0.310 e. The van der Waals surface area contributed by atoms with Crippen molar-refractivity contribution in [3.8, 4) is 11.3 Å². The molecule has 0 aliphatic carbocycles. The van der Waals surface area contributed by atoms with Gasteiger partial charge in [-0.2, -0.15) is 0 Å². The molecule has 2 aliphatic heterocycles. The maximum absolute atomic E-state index is 13.2. The first-order chi connectivity index (χ1) is 28.9. The monoisotopic (exact) mass is 767 g/mol. The molecule has 11 rings (SSSR count). The summed E-state index contributed by atoms with van der Waals surface area (Å²) in [7, 11) is 0. The van der Waals surface area contributed by atoms with Gasteiger partial charge in [0.1, 0.15) is 0 Å². The zero-order valence-corrected chi connectivity index (χ0v) is 30.6. The van der Waals surface area contributed by atoms with E-state index in [2.05, 4.69) is 61.3 Å². The van der Waals surface area contributed by atoms with Crippen LogP contribution in [0.1, 0.15) is 42.0 Å². The number of benzene rings is 5. The molecule has 59 heavy (non-hydrogen) atoms. The van der Waals surface area contributed by atoms with Crippen molar-refractivity contribution in [2.75, 3.05) is 14.7 Å². The summed E-state index contributed by atoms with van der Waals surface area (Å²) in [6.07, 6.45) is 9.20. The Bertz CT molecular complexity index is 3090. The van der Waals surface area contributed by atoms with Crippen molar-refractivity contribution < 1.29 is 19.2 Å². The van der Waals surface area contributed by atoms with Crippen LogP contribution in [0.2, 0.25) is 0 Å². The average molecular weight is 768 g/mol. The molecular weight excluding hydrogens is 743 g/mol. The highest BCUT2D eigenvalue weighted by Gasteiger charge is 2.40. The molecule has 5 aromatic carbocycles. The molecule has 0 atom stereocenters. The number of rotatable bonds is 6. The zero-order valence-electron chi connectivity index (χ0n) is 30.6. The lowest BCUT2D eigenvalue weighted by molar-refractivity contribution is 0.0907. The third kappa shape index (κ3) is 5.33. The van der Waals surface area contributed by atoms with Gasteiger partial charge in [0.05, 0.1) is 22.6 Å². The fourth-order valence-electron chi connectivity index (χ4n) is 7.78.